The van der Waals surface area contributed by atoms with Crippen LogP contribution in [0, 0.1) is 0 Å². The molecule has 16 heavy (non-hydrogen) atoms. The first-order valence-corrected chi connectivity index (χ1v) is 3.90. The summed E-state index contributed by atoms with van der Waals surface area (Å²) in [4.78, 5) is 24.6. The van der Waals surface area contributed by atoms with E-state index in [9.17, 15) is 22.8 Å². The number of rotatable bonds is 1. The number of amides is 1. The van der Waals surface area contributed by atoms with Crippen LogP contribution in [0.2, 0.25) is 0 Å². The predicted molar refractivity (Wildman–Crippen MR) is 45.4 cm³/mol. The Morgan fingerprint density at radius 1 is 1.31 bits per heavy atom. The number of carbonyl (C=O) groups is 2. The number of carbonyl (C=O) groups excluding carboxylic acids is 2. The van der Waals surface area contributed by atoms with Crippen LogP contribution in [0.1, 0.15) is 0 Å². The molecule has 0 spiro atoms. The van der Waals surface area contributed by atoms with Crippen LogP contribution in [-0.2, 0) is 9.53 Å². The number of esters is 1. The third-order valence-electron chi connectivity index (χ3n) is 1.31. The van der Waals surface area contributed by atoms with E-state index in [1.165, 1.54) is 24.4 Å². The summed E-state index contributed by atoms with van der Waals surface area (Å²) in [6, 6.07) is 4.35. The lowest BCUT2D eigenvalue weighted by atomic mass is 10.5. The molecule has 1 rings (SSSR count). The Balaban J connectivity index is 2.52. The Labute approximate surface area is 87.2 Å². The van der Waals surface area contributed by atoms with Gasteiger partial charge >= 0.3 is 18.2 Å². The fourth-order valence-electron chi connectivity index (χ4n) is 0.709. The van der Waals surface area contributed by atoms with Gasteiger partial charge in [-0.25, -0.2) is 14.6 Å². The smallest absolute Gasteiger partial charge is 0.369 e. The van der Waals surface area contributed by atoms with E-state index in [1.807, 2.05) is 5.32 Å². The third-order valence-corrected chi connectivity index (χ3v) is 1.31. The number of hydrogen-bond acceptors (Lipinski definition) is 4. The number of aromatic nitrogens is 1. The highest BCUT2D eigenvalue weighted by Gasteiger charge is 2.42. The quantitative estimate of drug-likeness (QED) is 0.593. The number of pyridine rings is 1. The molecule has 0 aromatic carbocycles. The number of ether oxygens (including phenoxy) is 1. The molecule has 1 amide bonds. The summed E-state index contributed by atoms with van der Waals surface area (Å²) in [6.45, 7) is 0. The zero-order valence-electron chi connectivity index (χ0n) is 7.62. The fraction of sp³-hybridized carbons (Fsp3) is 0.125. The summed E-state index contributed by atoms with van der Waals surface area (Å²) in [5, 5.41) is 1.85. The molecule has 0 aliphatic rings. The minimum Gasteiger partial charge on any atom is -0.369 e. The molecule has 5 nitrogen and oxygen atoms in total. The number of halogens is 3. The lowest BCUT2D eigenvalue weighted by Gasteiger charge is -2.06. The molecule has 0 aliphatic carbocycles. The van der Waals surface area contributed by atoms with Crippen LogP contribution in [0.4, 0.5) is 23.8 Å². The zero-order chi connectivity index (χ0) is 12.2. The Bertz CT molecular complexity index is 391. The van der Waals surface area contributed by atoms with Gasteiger partial charge in [0.2, 0.25) is 0 Å². The van der Waals surface area contributed by atoms with Gasteiger partial charge < -0.3 is 4.74 Å². The van der Waals surface area contributed by atoms with Crippen molar-refractivity contribution in [3.05, 3.63) is 24.4 Å². The van der Waals surface area contributed by atoms with Crippen LogP contribution in [0.25, 0.3) is 0 Å². The molecule has 1 N–H and O–H groups in total. The number of hydrogen-bond donors (Lipinski definition) is 1. The van der Waals surface area contributed by atoms with Crippen molar-refractivity contribution >= 4 is 17.9 Å². The van der Waals surface area contributed by atoms with Crippen molar-refractivity contribution in [2.75, 3.05) is 5.32 Å². The highest BCUT2D eigenvalue weighted by molar-refractivity contribution is 5.94. The molecule has 0 aliphatic heterocycles. The van der Waals surface area contributed by atoms with Gasteiger partial charge in [-0.3, -0.25) is 5.32 Å². The molecule has 0 saturated carbocycles. The van der Waals surface area contributed by atoms with Gasteiger partial charge in [0.25, 0.3) is 0 Å². The second kappa shape index (κ2) is 4.60. The topological polar surface area (TPSA) is 68.3 Å². The molecule has 0 fully saturated rings. The van der Waals surface area contributed by atoms with Gasteiger partial charge in [0, 0.05) is 6.20 Å². The minimum absolute atomic E-state index is 0.0255. The molecular formula is C8H5F3N2O3. The van der Waals surface area contributed by atoms with Crippen molar-refractivity contribution in [3.63, 3.8) is 0 Å². The van der Waals surface area contributed by atoms with Crippen molar-refractivity contribution < 1.29 is 27.5 Å². The van der Waals surface area contributed by atoms with Crippen LogP contribution in [0.15, 0.2) is 24.4 Å². The number of nitrogens with zero attached hydrogens (tertiary/aromatic N) is 1. The summed E-state index contributed by atoms with van der Waals surface area (Å²) >= 11 is 0. The van der Waals surface area contributed by atoms with Gasteiger partial charge in [-0.15, -0.1) is 0 Å². The molecule has 0 saturated heterocycles. The third kappa shape index (κ3) is 3.56. The molecule has 0 atom stereocenters. The van der Waals surface area contributed by atoms with Gasteiger partial charge in [0.05, 0.1) is 0 Å². The average molecular weight is 234 g/mol. The van der Waals surface area contributed by atoms with Gasteiger partial charge in [-0.1, -0.05) is 6.07 Å². The largest absolute Gasteiger partial charge is 0.491 e. The van der Waals surface area contributed by atoms with Gasteiger partial charge in [0.15, 0.2) is 0 Å². The molecule has 0 radical (unpaired) electrons. The molecule has 86 valence electrons. The molecule has 0 unspecified atom stereocenters. The summed E-state index contributed by atoms with van der Waals surface area (Å²) in [6.07, 6.45) is -5.44. The van der Waals surface area contributed by atoms with Gasteiger partial charge in [-0.2, -0.15) is 13.2 Å². The van der Waals surface area contributed by atoms with E-state index in [0.717, 1.165) is 0 Å². The van der Waals surface area contributed by atoms with Crippen LogP contribution in [0.5, 0.6) is 0 Å². The Morgan fingerprint density at radius 2 is 2.00 bits per heavy atom. The average Bonchev–Trinajstić information content (AvgIpc) is 2.17. The second-order valence-electron chi connectivity index (χ2n) is 2.51. The summed E-state index contributed by atoms with van der Waals surface area (Å²) in [5.74, 6) is -2.61. The van der Waals surface area contributed by atoms with Crippen molar-refractivity contribution in [2.45, 2.75) is 6.18 Å². The monoisotopic (exact) mass is 234 g/mol. The second-order valence-corrected chi connectivity index (χ2v) is 2.51. The van der Waals surface area contributed by atoms with E-state index >= 15 is 0 Å². The van der Waals surface area contributed by atoms with Gasteiger partial charge in [-0.05, 0) is 12.1 Å². The predicted octanol–water partition coefficient (Wildman–Crippen LogP) is 1.72. The molecule has 8 heteroatoms. The summed E-state index contributed by atoms with van der Waals surface area (Å²) in [5.41, 5.74) is 0. The van der Waals surface area contributed by atoms with Crippen molar-refractivity contribution in [1.82, 2.24) is 4.98 Å². The van der Waals surface area contributed by atoms with E-state index in [4.69, 9.17) is 0 Å². The first kappa shape index (κ1) is 12.0. The SMILES string of the molecule is O=C(Nc1ccccn1)OC(=O)C(F)(F)F. The van der Waals surface area contributed by atoms with Crippen molar-refractivity contribution in [1.29, 1.82) is 0 Å². The first-order valence-electron chi connectivity index (χ1n) is 3.90. The Kier molecular flexibility index (Phi) is 3.44. The van der Waals surface area contributed by atoms with E-state index in [-0.39, 0.29) is 5.82 Å². The van der Waals surface area contributed by atoms with Crippen LogP contribution < -0.4 is 5.32 Å². The summed E-state index contributed by atoms with van der Waals surface area (Å²) < 4.78 is 38.5. The van der Waals surface area contributed by atoms with Crippen LogP contribution in [0.3, 0.4) is 0 Å². The normalized spacial score (nSPS) is 10.7. The highest BCUT2D eigenvalue weighted by Crippen LogP contribution is 2.16. The lowest BCUT2D eigenvalue weighted by molar-refractivity contribution is -0.192. The van der Waals surface area contributed by atoms with Crippen molar-refractivity contribution in [2.24, 2.45) is 0 Å². The molecule has 1 aromatic rings. The molecular weight excluding hydrogens is 229 g/mol. The maximum atomic E-state index is 11.7. The Morgan fingerprint density at radius 3 is 2.50 bits per heavy atom. The Hall–Kier alpha value is -2.12. The van der Waals surface area contributed by atoms with Crippen LogP contribution in [-0.4, -0.2) is 23.2 Å². The van der Waals surface area contributed by atoms with E-state index < -0.39 is 18.2 Å². The van der Waals surface area contributed by atoms with Gasteiger partial charge in [0.1, 0.15) is 5.82 Å². The lowest BCUT2D eigenvalue weighted by Crippen LogP contribution is -2.30. The number of anilines is 1. The first-order chi connectivity index (χ1) is 7.39. The maximum Gasteiger partial charge on any atom is 0.491 e. The van der Waals surface area contributed by atoms with E-state index in [0.29, 0.717) is 0 Å². The number of alkyl halides is 3. The highest BCUT2D eigenvalue weighted by atomic mass is 19.4. The van der Waals surface area contributed by atoms with Crippen molar-refractivity contribution in [3.8, 4) is 0 Å². The molecule has 0 bridgehead atoms. The fourth-order valence-corrected chi connectivity index (χ4v) is 0.709. The minimum atomic E-state index is -5.21. The standard InChI is InChI=1S/C8H5F3N2O3/c9-8(10,11)6(14)16-7(15)13-5-3-1-2-4-12-5/h1-4H,(H,12,13,15). The van der Waals surface area contributed by atoms with E-state index in [1.54, 1.807) is 0 Å². The zero-order valence-corrected chi connectivity index (χ0v) is 7.62. The number of nitrogens with one attached hydrogen (secondary N) is 1. The van der Waals surface area contributed by atoms with Crippen LogP contribution >= 0.6 is 0 Å². The molecule has 1 heterocycles. The molecule has 1 aromatic heterocycles. The van der Waals surface area contributed by atoms with E-state index in [2.05, 4.69) is 9.72 Å². The maximum absolute atomic E-state index is 11.7. The summed E-state index contributed by atoms with van der Waals surface area (Å²) in [7, 11) is 0.